The number of hydrogen-bond donors (Lipinski definition) is 1. The van der Waals surface area contributed by atoms with Gasteiger partial charge in [-0.15, -0.1) is 0 Å². The van der Waals surface area contributed by atoms with Crippen LogP contribution in [0.1, 0.15) is 13.3 Å². The summed E-state index contributed by atoms with van der Waals surface area (Å²) in [6.07, 6.45) is 2.75. The van der Waals surface area contributed by atoms with E-state index >= 15 is 0 Å². The normalized spacial score (nSPS) is 10.1. The minimum atomic E-state index is 0.700. The maximum Gasteiger partial charge on any atom is 0.171 e. The molecular weight excluding hydrogens is 190 g/mol. The van der Waals surface area contributed by atoms with Crippen LogP contribution in [0.3, 0.4) is 0 Å². The van der Waals surface area contributed by atoms with Gasteiger partial charge in [0.25, 0.3) is 0 Å². The zero-order chi connectivity index (χ0) is 11.1. The summed E-state index contributed by atoms with van der Waals surface area (Å²) in [7, 11) is 1.66. The standard InChI is InChI=1S/C11H19N3O/c1-3-14(9-5-7-12)11-10(15-2)6-4-8-13-11/h4,6,8H,3,5,7,9,12H2,1-2H3. The lowest BCUT2D eigenvalue weighted by molar-refractivity contribution is 0.412. The Morgan fingerprint density at radius 1 is 1.53 bits per heavy atom. The number of anilines is 1. The molecule has 1 aromatic heterocycles. The molecule has 4 heteroatoms. The van der Waals surface area contributed by atoms with Crippen molar-refractivity contribution < 1.29 is 4.74 Å². The first-order chi connectivity index (χ1) is 7.33. The van der Waals surface area contributed by atoms with Gasteiger partial charge in [-0.2, -0.15) is 0 Å². The van der Waals surface area contributed by atoms with Crippen LogP contribution >= 0.6 is 0 Å². The molecule has 0 aromatic carbocycles. The van der Waals surface area contributed by atoms with Gasteiger partial charge in [0.1, 0.15) is 0 Å². The zero-order valence-electron chi connectivity index (χ0n) is 9.44. The van der Waals surface area contributed by atoms with Crippen molar-refractivity contribution in [3.63, 3.8) is 0 Å². The van der Waals surface area contributed by atoms with E-state index in [1.807, 2.05) is 12.1 Å². The van der Waals surface area contributed by atoms with Crippen LogP contribution in [-0.4, -0.2) is 31.7 Å². The monoisotopic (exact) mass is 209 g/mol. The summed E-state index contributed by atoms with van der Waals surface area (Å²) in [5.41, 5.74) is 5.50. The molecule has 0 unspecified atom stereocenters. The van der Waals surface area contributed by atoms with Gasteiger partial charge in [-0.25, -0.2) is 4.98 Å². The molecule has 0 saturated carbocycles. The second-order valence-corrected chi connectivity index (χ2v) is 3.25. The van der Waals surface area contributed by atoms with Crippen LogP contribution < -0.4 is 15.4 Å². The van der Waals surface area contributed by atoms with Gasteiger partial charge in [0.15, 0.2) is 11.6 Å². The van der Waals surface area contributed by atoms with Crippen molar-refractivity contribution in [2.75, 3.05) is 31.6 Å². The molecule has 0 aliphatic rings. The highest BCUT2D eigenvalue weighted by molar-refractivity contribution is 5.51. The minimum absolute atomic E-state index is 0.700. The molecule has 0 spiro atoms. The number of aromatic nitrogens is 1. The predicted molar refractivity (Wildman–Crippen MR) is 62.3 cm³/mol. The lowest BCUT2D eigenvalue weighted by Gasteiger charge is -2.23. The molecule has 15 heavy (non-hydrogen) atoms. The maximum atomic E-state index is 5.50. The Bertz CT molecular complexity index is 291. The fourth-order valence-corrected chi connectivity index (χ4v) is 1.47. The Morgan fingerprint density at radius 3 is 2.93 bits per heavy atom. The quantitative estimate of drug-likeness (QED) is 0.766. The molecule has 0 aliphatic heterocycles. The van der Waals surface area contributed by atoms with Crippen molar-refractivity contribution in [3.05, 3.63) is 18.3 Å². The molecule has 0 atom stereocenters. The van der Waals surface area contributed by atoms with Crippen molar-refractivity contribution in [1.82, 2.24) is 4.98 Å². The van der Waals surface area contributed by atoms with Crippen LogP contribution in [0.25, 0.3) is 0 Å². The minimum Gasteiger partial charge on any atom is -0.493 e. The van der Waals surface area contributed by atoms with E-state index in [4.69, 9.17) is 10.5 Å². The summed E-state index contributed by atoms with van der Waals surface area (Å²) in [6.45, 7) is 4.63. The topological polar surface area (TPSA) is 51.4 Å². The number of rotatable bonds is 6. The average Bonchev–Trinajstić information content (AvgIpc) is 2.30. The van der Waals surface area contributed by atoms with Gasteiger partial charge in [-0.3, -0.25) is 0 Å². The number of nitrogens with zero attached hydrogens (tertiary/aromatic N) is 2. The van der Waals surface area contributed by atoms with E-state index < -0.39 is 0 Å². The van der Waals surface area contributed by atoms with Crippen LogP contribution in [0.15, 0.2) is 18.3 Å². The van der Waals surface area contributed by atoms with E-state index in [1.54, 1.807) is 13.3 Å². The average molecular weight is 209 g/mol. The summed E-state index contributed by atoms with van der Waals surface area (Å²) < 4.78 is 5.27. The van der Waals surface area contributed by atoms with Crippen LogP contribution in [0.4, 0.5) is 5.82 Å². The second kappa shape index (κ2) is 6.24. The van der Waals surface area contributed by atoms with Crippen LogP contribution in [-0.2, 0) is 0 Å². The first-order valence-corrected chi connectivity index (χ1v) is 5.27. The molecule has 0 radical (unpaired) electrons. The number of ether oxygens (including phenoxy) is 1. The SMILES string of the molecule is CCN(CCCN)c1ncccc1OC. The van der Waals surface area contributed by atoms with Gasteiger partial charge in [0.05, 0.1) is 7.11 Å². The third kappa shape index (κ3) is 3.09. The molecule has 0 aliphatic carbocycles. The van der Waals surface area contributed by atoms with Crippen LogP contribution in [0, 0.1) is 0 Å². The molecule has 2 N–H and O–H groups in total. The smallest absolute Gasteiger partial charge is 0.171 e. The van der Waals surface area contributed by atoms with Crippen molar-refractivity contribution in [3.8, 4) is 5.75 Å². The zero-order valence-corrected chi connectivity index (χ0v) is 9.44. The van der Waals surface area contributed by atoms with Gasteiger partial charge in [0, 0.05) is 19.3 Å². The fourth-order valence-electron chi connectivity index (χ4n) is 1.47. The van der Waals surface area contributed by atoms with Crippen molar-refractivity contribution in [2.45, 2.75) is 13.3 Å². The molecule has 0 fully saturated rings. The van der Waals surface area contributed by atoms with Gasteiger partial charge in [0.2, 0.25) is 0 Å². The Morgan fingerprint density at radius 2 is 2.33 bits per heavy atom. The van der Waals surface area contributed by atoms with E-state index in [0.29, 0.717) is 6.54 Å². The molecule has 0 amide bonds. The highest BCUT2D eigenvalue weighted by Crippen LogP contribution is 2.24. The van der Waals surface area contributed by atoms with Gasteiger partial charge >= 0.3 is 0 Å². The molecule has 0 saturated heterocycles. The molecule has 4 nitrogen and oxygen atoms in total. The number of pyridine rings is 1. The Hall–Kier alpha value is -1.29. The predicted octanol–water partition coefficient (Wildman–Crippen LogP) is 1.27. The van der Waals surface area contributed by atoms with Crippen LogP contribution in [0.5, 0.6) is 5.75 Å². The van der Waals surface area contributed by atoms with E-state index in [1.165, 1.54) is 0 Å². The lowest BCUT2D eigenvalue weighted by Crippen LogP contribution is -2.26. The highest BCUT2D eigenvalue weighted by Gasteiger charge is 2.10. The second-order valence-electron chi connectivity index (χ2n) is 3.25. The van der Waals surface area contributed by atoms with E-state index in [2.05, 4.69) is 16.8 Å². The first-order valence-electron chi connectivity index (χ1n) is 5.27. The van der Waals surface area contributed by atoms with Crippen molar-refractivity contribution >= 4 is 5.82 Å². The molecule has 1 heterocycles. The van der Waals surface area contributed by atoms with Gasteiger partial charge in [-0.1, -0.05) is 0 Å². The van der Waals surface area contributed by atoms with E-state index in [0.717, 1.165) is 31.1 Å². The number of methoxy groups -OCH3 is 1. The van der Waals surface area contributed by atoms with E-state index in [9.17, 15) is 0 Å². The van der Waals surface area contributed by atoms with Gasteiger partial charge in [-0.05, 0) is 32.0 Å². The largest absolute Gasteiger partial charge is 0.493 e. The summed E-state index contributed by atoms with van der Waals surface area (Å²) in [6, 6.07) is 3.80. The highest BCUT2D eigenvalue weighted by atomic mass is 16.5. The van der Waals surface area contributed by atoms with Gasteiger partial charge < -0.3 is 15.4 Å². The van der Waals surface area contributed by atoms with Crippen molar-refractivity contribution in [1.29, 1.82) is 0 Å². The molecule has 84 valence electrons. The lowest BCUT2D eigenvalue weighted by atomic mass is 10.3. The third-order valence-corrected chi connectivity index (χ3v) is 2.28. The molecule has 1 rings (SSSR count). The summed E-state index contributed by atoms with van der Waals surface area (Å²) in [4.78, 5) is 6.51. The summed E-state index contributed by atoms with van der Waals surface area (Å²) >= 11 is 0. The summed E-state index contributed by atoms with van der Waals surface area (Å²) in [5.74, 6) is 1.72. The summed E-state index contributed by atoms with van der Waals surface area (Å²) in [5, 5.41) is 0. The number of hydrogen-bond acceptors (Lipinski definition) is 4. The molecule has 1 aromatic rings. The Labute approximate surface area is 91.1 Å². The Kier molecular flexibility index (Phi) is 4.90. The molecular formula is C11H19N3O. The fraction of sp³-hybridized carbons (Fsp3) is 0.545. The molecule has 0 bridgehead atoms. The van der Waals surface area contributed by atoms with E-state index in [-0.39, 0.29) is 0 Å². The van der Waals surface area contributed by atoms with Crippen molar-refractivity contribution in [2.24, 2.45) is 5.73 Å². The maximum absolute atomic E-state index is 5.50. The van der Waals surface area contributed by atoms with Crippen LogP contribution in [0.2, 0.25) is 0 Å². The number of nitrogens with two attached hydrogens (primary N) is 1. The first kappa shape index (κ1) is 11.8. The third-order valence-electron chi connectivity index (χ3n) is 2.28. The Balaban J connectivity index is 2.80.